The predicted molar refractivity (Wildman–Crippen MR) is 84.8 cm³/mol. The molecule has 1 N–H and O–H groups in total. The normalized spacial score (nSPS) is 10.8. The maximum Gasteiger partial charge on any atom is 0.287 e. The molecule has 9 heteroatoms. The van der Waals surface area contributed by atoms with Crippen LogP contribution in [0.5, 0.6) is 0 Å². The Kier molecular flexibility index (Phi) is 5.11. The first-order valence-corrected chi connectivity index (χ1v) is 8.39. The highest BCUT2D eigenvalue weighted by molar-refractivity contribution is 7.91. The summed E-state index contributed by atoms with van der Waals surface area (Å²) < 4.78 is 37.0. The number of sulfone groups is 1. The smallest absolute Gasteiger partial charge is 0.287 e. The fourth-order valence-corrected chi connectivity index (χ4v) is 3.14. The zero-order valence-corrected chi connectivity index (χ0v) is 13.1. The molecule has 0 aliphatic heterocycles. The first-order chi connectivity index (χ1) is 11.3. The molecule has 0 amide bonds. The Morgan fingerprint density at radius 1 is 1.21 bits per heavy atom. The number of nitrogens with zero attached hydrogens (tertiary/aromatic N) is 2. The number of nitriles is 1. The third-order valence-corrected chi connectivity index (χ3v) is 4.92. The molecular formula is C15H12FN3O4S. The van der Waals surface area contributed by atoms with Gasteiger partial charge in [-0.3, -0.25) is 10.1 Å². The molecule has 0 radical (unpaired) electrons. The second-order valence-corrected chi connectivity index (χ2v) is 6.91. The summed E-state index contributed by atoms with van der Waals surface area (Å²) in [5.41, 5.74) is -0.0418. The van der Waals surface area contributed by atoms with Crippen LogP contribution in [0.1, 0.15) is 5.56 Å². The van der Waals surface area contributed by atoms with Gasteiger partial charge in [-0.15, -0.1) is 0 Å². The molecule has 0 aromatic heterocycles. The minimum absolute atomic E-state index is 0.00659. The molecule has 0 saturated carbocycles. The van der Waals surface area contributed by atoms with Gasteiger partial charge < -0.3 is 5.32 Å². The molecule has 0 saturated heterocycles. The lowest BCUT2D eigenvalue weighted by Crippen LogP contribution is -2.16. The SMILES string of the molecule is N#Cc1cc(NCCS(=O)(=O)c2ccc(F)cc2)ccc1[N+](=O)[O-]. The Labute approximate surface area is 137 Å². The van der Waals surface area contributed by atoms with Crippen molar-refractivity contribution >= 4 is 21.2 Å². The highest BCUT2D eigenvalue weighted by Crippen LogP contribution is 2.21. The topological polar surface area (TPSA) is 113 Å². The van der Waals surface area contributed by atoms with E-state index in [1.54, 1.807) is 6.07 Å². The van der Waals surface area contributed by atoms with Gasteiger partial charge in [0.05, 0.1) is 15.6 Å². The van der Waals surface area contributed by atoms with Crippen molar-refractivity contribution in [3.05, 3.63) is 64.0 Å². The van der Waals surface area contributed by atoms with Crippen LogP contribution in [0.4, 0.5) is 15.8 Å². The Balaban J connectivity index is 2.05. The molecule has 2 rings (SSSR count). The van der Waals surface area contributed by atoms with Gasteiger partial charge in [0.2, 0.25) is 0 Å². The molecule has 24 heavy (non-hydrogen) atoms. The fraction of sp³-hybridized carbons (Fsp3) is 0.133. The lowest BCUT2D eigenvalue weighted by atomic mass is 10.2. The van der Waals surface area contributed by atoms with E-state index in [0.29, 0.717) is 5.69 Å². The van der Waals surface area contributed by atoms with Crippen LogP contribution in [0, 0.1) is 27.3 Å². The quantitative estimate of drug-likeness (QED) is 0.487. The first-order valence-electron chi connectivity index (χ1n) is 6.74. The number of nitrogens with one attached hydrogen (secondary N) is 1. The van der Waals surface area contributed by atoms with Crippen LogP contribution in [-0.4, -0.2) is 25.6 Å². The van der Waals surface area contributed by atoms with Crippen molar-refractivity contribution in [1.82, 2.24) is 0 Å². The average Bonchev–Trinajstić information content (AvgIpc) is 2.54. The first kappa shape index (κ1) is 17.4. The highest BCUT2D eigenvalue weighted by Gasteiger charge is 2.16. The van der Waals surface area contributed by atoms with Crippen LogP contribution in [0.2, 0.25) is 0 Å². The maximum atomic E-state index is 12.8. The summed E-state index contributed by atoms with van der Waals surface area (Å²) in [5.74, 6) is -0.778. The van der Waals surface area contributed by atoms with Crippen LogP contribution in [0.15, 0.2) is 47.4 Å². The van der Waals surface area contributed by atoms with Gasteiger partial charge in [0.1, 0.15) is 17.4 Å². The molecule has 0 heterocycles. The maximum absolute atomic E-state index is 12.8. The number of hydrogen-bond donors (Lipinski definition) is 1. The van der Waals surface area contributed by atoms with E-state index < -0.39 is 20.6 Å². The number of nitro groups is 1. The molecule has 0 fully saturated rings. The van der Waals surface area contributed by atoms with E-state index >= 15 is 0 Å². The molecule has 7 nitrogen and oxygen atoms in total. The van der Waals surface area contributed by atoms with Crippen LogP contribution in [0.3, 0.4) is 0 Å². The van der Waals surface area contributed by atoms with E-state index in [1.807, 2.05) is 0 Å². The monoisotopic (exact) mass is 349 g/mol. The van der Waals surface area contributed by atoms with Crippen molar-refractivity contribution in [3.63, 3.8) is 0 Å². The summed E-state index contributed by atoms with van der Waals surface area (Å²) in [6.07, 6.45) is 0. The number of nitro benzene ring substituents is 1. The van der Waals surface area contributed by atoms with Crippen molar-refractivity contribution < 1.29 is 17.7 Å². The van der Waals surface area contributed by atoms with Crippen LogP contribution in [0.25, 0.3) is 0 Å². The van der Waals surface area contributed by atoms with Gasteiger partial charge in [0.25, 0.3) is 5.69 Å². The number of halogens is 1. The molecule has 124 valence electrons. The van der Waals surface area contributed by atoms with Crippen molar-refractivity contribution in [2.45, 2.75) is 4.90 Å². The minimum Gasteiger partial charge on any atom is -0.384 e. The van der Waals surface area contributed by atoms with Crippen LogP contribution >= 0.6 is 0 Å². The molecule has 0 aliphatic carbocycles. The van der Waals surface area contributed by atoms with Gasteiger partial charge in [-0.05, 0) is 36.4 Å². The van der Waals surface area contributed by atoms with Crippen molar-refractivity contribution in [3.8, 4) is 6.07 Å². The molecule has 0 aliphatic rings. The molecule has 0 atom stereocenters. The molecule has 0 bridgehead atoms. The van der Waals surface area contributed by atoms with Gasteiger partial charge in [-0.25, -0.2) is 12.8 Å². The predicted octanol–water partition coefficient (Wildman–Crippen LogP) is 2.49. The summed E-state index contributed by atoms with van der Waals surface area (Å²) in [7, 11) is -3.59. The zero-order chi connectivity index (χ0) is 17.7. The van der Waals surface area contributed by atoms with E-state index in [9.17, 15) is 22.9 Å². The van der Waals surface area contributed by atoms with Crippen molar-refractivity contribution in [1.29, 1.82) is 5.26 Å². The Morgan fingerprint density at radius 3 is 2.46 bits per heavy atom. The molecule has 0 unspecified atom stereocenters. The molecule has 2 aromatic rings. The average molecular weight is 349 g/mol. The van der Waals surface area contributed by atoms with E-state index in [2.05, 4.69) is 5.32 Å². The fourth-order valence-electron chi connectivity index (χ4n) is 1.98. The lowest BCUT2D eigenvalue weighted by molar-refractivity contribution is -0.385. The highest BCUT2D eigenvalue weighted by atomic mass is 32.2. The minimum atomic E-state index is -3.59. The molecule has 0 spiro atoms. The van der Waals surface area contributed by atoms with Gasteiger partial charge >= 0.3 is 0 Å². The van der Waals surface area contributed by atoms with Gasteiger partial charge in [-0.1, -0.05) is 0 Å². The number of anilines is 1. The van der Waals surface area contributed by atoms with E-state index in [4.69, 9.17) is 5.26 Å². The Hall–Kier alpha value is -2.99. The summed E-state index contributed by atoms with van der Waals surface area (Å²) in [6.45, 7) is 0.0301. The number of benzene rings is 2. The number of rotatable bonds is 6. The third kappa shape index (κ3) is 4.05. The Morgan fingerprint density at radius 2 is 1.88 bits per heavy atom. The van der Waals surface area contributed by atoms with Crippen LogP contribution in [-0.2, 0) is 9.84 Å². The van der Waals surface area contributed by atoms with Crippen LogP contribution < -0.4 is 5.32 Å². The second kappa shape index (κ2) is 7.06. The molecular weight excluding hydrogens is 337 g/mol. The van der Waals surface area contributed by atoms with Gasteiger partial charge in [-0.2, -0.15) is 5.26 Å². The van der Waals surface area contributed by atoms with Crippen molar-refractivity contribution in [2.24, 2.45) is 0 Å². The van der Waals surface area contributed by atoms with Gasteiger partial charge in [0, 0.05) is 18.3 Å². The van der Waals surface area contributed by atoms with E-state index in [-0.39, 0.29) is 28.4 Å². The lowest BCUT2D eigenvalue weighted by Gasteiger charge is -2.08. The number of hydrogen-bond acceptors (Lipinski definition) is 6. The van der Waals surface area contributed by atoms with E-state index in [1.165, 1.54) is 30.3 Å². The van der Waals surface area contributed by atoms with Gasteiger partial charge in [0.15, 0.2) is 9.84 Å². The standard InChI is InChI=1S/C15H12FN3O4S/c16-12-1-4-14(5-2-12)24(22,23)8-7-18-13-3-6-15(19(20)21)11(9-13)10-17/h1-6,9,18H,7-8H2. The van der Waals surface area contributed by atoms with Crippen molar-refractivity contribution in [2.75, 3.05) is 17.6 Å². The summed E-state index contributed by atoms with van der Waals surface area (Å²) >= 11 is 0. The molecule has 2 aromatic carbocycles. The second-order valence-electron chi connectivity index (χ2n) is 4.80. The summed E-state index contributed by atoms with van der Waals surface area (Å²) in [5, 5.41) is 22.5. The van der Waals surface area contributed by atoms with E-state index in [0.717, 1.165) is 12.1 Å². The third-order valence-electron chi connectivity index (χ3n) is 3.19. The zero-order valence-electron chi connectivity index (χ0n) is 12.3. The Bertz CT molecular complexity index is 905. The summed E-state index contributed by atoms with van der Waals surface area (Å²) in [4.78, 5) is 10.1. The summed E-state index contributed by atoms with van der Waals surface area (Å²) in [6, 6.07) is 10.1. The largest absolute Gasteiger partial charge is 0.384 e.